The summed E-state index contributed by atoms with van der Waals surface area (Å²) in [5.74, 6) is 0.0455. The van der Waals surface area contributed by atoms with Crippen molar-refractivity contribution in [3.05, 3.63) is 23.0 Å². The molecule has 1 amide bonds. The first-order valence-electron chi connectivity index (χ1n) is 8.70. The normalized spacial score (nSPS) is 15.9. The molecule has 0 aromatic heterocycles. The first kappa shape index (κ1) is 20.8. The highest BCUT2D eigenvalue weighted by Crippen LogP contribution is 2.31. The monoisotopic (exact) mass is 353 g/mol. The molecule has 0 atom stereocenters. The lowest BCUT2D eigenvalue weighted by Crippen LogP contribution is -2.43. The third-order valence-electron chi connectivity index (χ3n) is 3.87. The number of hydrogen-bond acceptors (Lipinski definition) is 4. The van der Waals surface area contributed by atoms with Gasteiger partial charge in [0.05, 0.1) is 0 Å². The van der Waals surface area contributed by atoms with Crippen molar-refractivity contribution in [3.8, 4) is 0 Å². The van der Waals surface area contributed by atoms with Crippen LogP contribution in [0.4, 0.5) is 4.79 Å². The van der Waals surface area contributed by atoms with Crippen molar-refractivity contribution < 1.29 is 14.3 Å². The van der Waals surface area contributed by atoms with Gasteiger partial charge in [0, 0.05) is 23.9 Å². The zero-order valence-corrected chi connectivity index (χ0v) is 16.3. The van der Waals surface area contributed by atoms with Crippen molar-refractivity contribution in [1.82, 2.24) is 4.90 Å². The van der Waals surface area contributed by atoms with E-state index in [-0.39, 0.29) is 17.8 Å². The Morgan fingerprint density at radius 3 is 2.29 bits per heavy atom. The maximum Gasteiger partial charge on any atom is 0.410 e. The third kappa shape index (κ3) is 7.12. The van der Waals surface area contributed by atoms with Crippen LogP contribution in [0.2, 0.25) is 0 Å². The number of ether oxygens (including phenoxy) is 1. The van der Waals surface area contributed by atoms with Gasteiger partial charge >= 0.3 is 6.09 Å². The van der Waals surface area contributed by atoms with Crippen LogP contribution >= 0.6 is 11.8 Å². The average molecular weight is 354 g/mol. The number of nitrogens with zero attached hydrogens (tertiary/aromatic N) is 1. The Bertz CT molecular complexity index is 485. The van der Waals surface area contributed by atoms with Crippen LogP contribution in [0, 0.1) is 5.92 Å². The Morgan fingerprint density at radius 2 is 1.79 bits per heavy atom. The molecule has 1 aliphatic heterocycles. The highest BCUT2D eigenvalue weighted by molar-refractivity contribution is 8.07. The molecule has 0 N–H and O–H groups in total. The molecular formula is C19H31NO3S. The predicted octanol–water partition coefficient (Wildman–Crippen LogP) is 5.15. The summed E-state index contributed by atoms with van der Waals surface area (Å²) >= 11 is 1.41. The van der Waals surface area contributed by atoms with Crippen LogP contribution in [0.1, 0.15) is 59.8 Å². The largest absolute Gasteiger partial charge is 0.444 e. The Balaban J connectivity index is 2.43. The summed E-state index contributed by atoms with van der Waals surface area (Å²) in [5.41, 5.74) is -0.493. The number of amides is 1. The highest BCUT2D eigenvalue weighted by Gasteiger charge is 2.30. The molecule has 24 heavy (non-hydrogen) atoms. The highest BCUT2D eigenvalue weighted by atomic mass is 32.2. The number of hydrogen-bond donors (Lipinski definition) is 0. The van der Waals surface area contributed by atoms with Gasteiger partial charge in [-0.25, -0.2) is 4.79 Å². The van der Waals surface area contributed by atoms with E-state index in [1.807, 2.05) is 20.8 Å². The number of thioether (sulfide) groups is 1. The van der Waals surface area contributed by atoms with Crippen LogP contribution in [-0.2, 0) is 9.53 Å². The Hall–Kier alpha value is -1.23. The van der Waals surface area contributed by atoms with E-state index < -0.39 is 5.60 Å². The fourth-order valence-corrected chi connectivity index (χ4v) is 3.39. The molecule has 0 bridgehead atoms. The van der Waals surface area contributed by atoms with Crippen LogP contribution in [0.15, 0.2) is 23.0 Å². The quantitative estimate of drug-likeness (QED) is 0.594. The summed E-state index contributed by atoms with van der Waals surface area (Å²) < 4.78 is 5.38. The number of ketones is 1. The molecule has 1 heterocycles. The second kappa shape index (κ2) is 9.30. The van der Waals surface area contributed by atoms with Gasteiger partial charge in [0.15, 0.2) is 5.78 Å². The first-order valence-corrected chi connectivity index (χ1v) is 9.52. The van der Waals surface area contributed by atoms with Crippen LogP contribution < -0.4 is 0 Å². The fraction of sp³-hybridized carbons (Fsp3) is 0.684. The average Bonchev–Trinajstić information content (AvgIpc) is 2.50. The second-order valence-corrected chi connectivity index (χ2v) is 8.55. The molecule has 4 nitrogen and oxygen atoms in total. The maximum atomic E-state index is 12.5. The topological polar surface area (TPSA) is 46.6 Å². The van der Waals surface area contributed by atoms with E-state index in [1.165, 1.54) is 11.8 Å². The third-order valence-corrected chi connectivity index (χ3v) is 4.81. The van der Waals surface area contributed by atoms with Gasteiger partial charge in [0.2, 0.25) is 0 Å². The molecule has 1 fully saturated rings. The van der Waals surface area contributed by atoms with Crippen LogP contribution in [0.5, 0.6) is 0 Å². The molecule has 1 rings (SSSR count). The number of likely N-dealkylation sites (tertiary alicyclic amines) is 1. The Morgan fingerprint density at radius 1 is 1.21 bits per heavy atom. The summed E-state index contributed by atoms with van der Waals surface area (Å²) in [6.07, 6.45) is 4.16. The van der Waals surface area contributed by atoms with Crippen molar-refractivity contribution in [2.75, 3.05) is 13.1 Å². The lowest BCUT2D eigenvalue weighted by Gasteiger charge is -2.33. The van der Waals surface area contributed by atoms with Gasteiger partial charge in [-0.15, -0.1) is 0 Å². The summed E-state index contributed by atoms with van der Waals surface area (Å²) in [6.45, 7) is 16.7. The van der Waals surface area contributed by atoms with E-state index in [0.717, 1.165) is 24.2 Å². The second-order valence-electron chi connectivity index (χ2n) is 7.27. The van der Waals surface area contributed by atoms with Crippen LogP contribution in [0.25, 0.3) is 0 Å². The van der Waals surface area contributed by atoms with E-state index >= 15 is 0 Å². The minimum Gasteiger partial charge on any atom is -0.444 e. The standard InChI is InChI=1S/C19H31NO3S/c1-7-8-9-14(2)24-15(3)17(21)16-10-12-20(13-11-16)18(22)23-19(4,5)6/h16H,2-3,7-13H2,1,4-6H3. The lowest BCUT2D eigenvalue weighted by atomic mass is 9.92. The van der Waals surface area contributed by atoms with Gasteiger partial charge in [-0.05, 0) is 51.4 Å². The number of carbonyl (C=O) groups is 2. The maximum absolute atomic E-state index is 12.5. The minimum atomic E-state index is -0.493. The Kier molecular flexibility index (Phi) is 8.07. The molecule has 0 aromatic rings. The summed E-state index contributed by atoms with van der Waals surface area (Å²) in [5, 5.41) is 0. The summed E-state index contributed by atoms with van der Waals surface area (Å²) in [6, 6.07) is 0. The van der Waals surface area contributed by atoms with Gasteiger partial charge in [0.25, 0.3) is 0 Å². The lowest BCUT2D eigenvalue weighted by molar-refractivity contribution is -0.119. The fourth-order valence-electron chi connectivity index (χ4n) is 2.53. The van der Waals surface area contributed by atoms with Crippen molar-refractivity contribution in [1.29, 1.82) is 0 Å². The minimum absolute atomic E-state index is 0.0531. The van der Waals surface area contributed by atoms with E-state index in [9.17, 15) is 9.59 Å². The number of allylic oxidation sites excluding steroid dienone is 2. The van der Waals surface area contributed by atoms with Crippen molar-refractivity contribution in [2.45, 2.75) is 65.4 Å². The molecule has 0 aromatic carbocycles. The van der Waals surface area contributed by atoms with Crippen LogP contribution in [-0.4, -0.2) is 35.5 Å². The Labute approximate surface area is 150 Å². The smallest absolute Gasteiger partial charge is 0.410 e. The number of Topliss-reactive ketones (excluding diaryl/α,β-unsaturated/α-hetero) is 1. The van der Waals surface area contributed by atoms with Gasteiger partial charge in [0.1, 0.15) is 5.60 Å². The molecule has 5 heteroatoms. The molecule has 0 radical (unpaired) electrons. The molecule has 0 aliphatic carbocycles. The van der Waals surface area contributed by atoms with Gasteiger partial charge < -0.3 is 9.64 Å². The van der Waals surface area contributed by atoms with Gasteiger partial charge in [-0.2, -0.15) is 0 Å². The first-order chi connectivity index (χ1) is 11.1. The number of unbranched alkanes of at least 4 members (excludes halogenated alkanes) is 1. The zero-order chi connectivity index (χ0) is 18.3. The van der Waals surface area contributed by atoms with Crippen molar-refractivity contribution in [2.24, 2.45) is 5.92 Å². The molecule has 0 spiro atoms. The summed E-state index contributed by atoms with van der Waals surface area (Å²) in [4.78, 5) is 27.8. The molecule has 1 saturated heterocycles. The predicted molar refractivity (Wildman–Crippen MR) is 101 cm³/mol. The van der Waals surface area contributed by atoms with E-state index in [0.29, 0.717) is 30.8 Å². The zero-order valence-electron chi connectivity index (χ0n) is 15.5. The van der Waals surface area contributed by atoms with Gasteiger partial charge in [-0.3, -0.25) is 4.79 Å². The van der Waals surface area contributed by atoms with Gasteiger partial charge in [-0.1, -0.05) is 38.3 Å². The molecule has 136 valence electrons. The van der Waals surface area contributed by atoms with E-state index in [4.69, 9.17) is 4.74 Å². The molecule has 0 unspecified atom stereocenters. The van der Waals surface area contributed by atoms with Crippen molar-refractivity contribution >= 4 is 23.6 Å². The number of carbonyl (C=O) groups excluding carboxylic acids is 2. The summed E-state index contributed by atoms with van der Waals surface area (Å²) in [7, 11) is 0. The number of piperidine rings is 1. The van der Waals surface area contributed by atoms with E-state index in [2.05, 4.69) is 20.1 Å². The molecular weight excluding hydrogens is 322 g/mol. The molecule has 1 aliphatic rings. The van der Waals surface area contributed by atoms with E-state index in [1.54, 1.807) is 4.90 Å². The number of rotatable bonds is 7. The van der Waals surface area contributed by atoms with Crippen LogP contribution in [0.3, 0.4) is 0 Å². The van der Waals surface area contributed by atoms with Crippen molar-refractivity contribution in [3.63, 3.8) is 0 Å². The SMILES string of the molecule is C=C(CCCC)SC(=C)C(=O)C1CCN(C(=O)OC(C)(C)C)CC1. The molecule has 0 saturated carbocycles.